The van der Waals surface area contributed by atoms with E-state index in [-0.39, 0.29) is 11.9 Å². The largest absolute Gasteiger partial charge is 0.339 e. The summed E-state index contributed by atoms with van der Waals surface area (Å²) < 4.78 is 0. The van der Waals surface area contributed by atoms with E-state index in [0.717, 1.165) is 5.01 Å². The average molecular weight is 196 g/mol. The Morgan fingerprint density at radius 3 is 3.08 bits per heavy atom. The van der Waals surface area contributed by atoms with Gasteiger partial charge in [0.2, 0.25) is 0 Å². The molecule has 1 amide bonds. The molecule has 0 spiro atoms. The van der Waals surface area contributed by atoms with Crippen LogP contribution >= 0.6 is 11.3 Å². The van der Waals surface area contributed by atoms with Gasteiger partial charge in [0.25, 0.3) is 5.91 Å². The molecule has 1 fully saturated rings. The Morgan fingerprint density at radius 2 is 2.54 bits per heavy atom. The molecule has 13 heavy (non-hydrogen) atoms. The topological polar surface area (TPSA) is 66.4 Å². The van der Waals surface area contributed by atoms with Crippen LogP contribution in [-0.2, 0) is 4.79 Å². The second-order valence-corrected chi connectivity index (χ2v) is 3.44. The Kier molecular flexibility index (Phi) is 1.97. The highest BCUT2D eigenvalue weighted by molar-refractivity contribution is 7.09. The van der Waals surface area contributed by atoms with Crippen molar-refractivity contribution in [3.8, 4) is 0 Å². The zero-order valence-electron chi connectivity index (χ0n) is 6.94. The van der Waals surface area contributed by atoms with Gasteiger partial charge in [-0.15, -0.1) is 11.3 Å². The first-order chi connectivity index (χ1) is 6.31. The van der Waals surface area contributed by atoms with Crippen LogP contribution < -0.4 is 10.6 Å². The maximum Gasteiger partial charge on any atom is 0.256 e. The van der Waals surface area contributed by atoms with E-state index in [2.05, 4.69) is 20.6 Å². The summed E-state index contributed by atoms with van der Waals surface area (Å²) in [6.45, 7) is 0. The number of hydrogen-bond acceptors (Lipinski definition) is 4. The number of nitrogens with one attached hydrogen (secondary N) is 2. The van der Waals surface area contributed by atoms with Crippen molar-refractivity contribution < 1.29 is 4.79 Å². The highest BCUT2D eigenvalue weighted by atomic mass is 32.1. The number of hydrogen-bond donors (Lipinski definition) is 2. The maximum atomic E-state index is 11.4. The van der Waals surface area contributed by atoms with Crippen LogP contribution in [0.4, 0.5) is 0 Å². The van der Waals surface area contributed by atoms with Crippen molar-refractivity contribution in [2.45, 2.75) is 6.04 Å². The Labute approximate surface area is 78.9 Å². The van der Waals surface area contributed by atoms with Crippen molar-refractivity contribution in [3.05, 3.63) is 16.6 Å². The van der Waals surface area contributed by atoms with Crippen LogP contribution in [0.2, 0.25) is 0 Å². The highest BCUT2D eigenvalue weighted by Gasteiger charge is 2.30. The lowest BCUT2D eigenvalue weighted by molar-refractivity contribution is -0.120. The predicted molar refractivity (Wildman–Crippen MR) is 49.5 cm³/mol. The molecule has 1 saturated heterocycles. The van der Waals surface area contributed by atoms with Crippen molar-refractivity contribution in [1.29, 1.82) is 0 Å². The highest BCUT2D eigenvalue weighted by Crippen LogP contribution is 2.18. The SMILES string of the molecule is CN=C1NC(=O)C(c2nccs2)N1. The third-order valence-electron chi connectivity index (χ3n) is 1.71. The second kappa shape index (κ2) is 3.14. The molecule has 0 aromatic carbocycles. The van der Waals surface area contributed by atoms with Gasteiger partial charge in [-0.25, -0.2) is 4.98 Å². The normalized spacial score (nSPS) is 24.5. The van der Waals surface area contributed by atoms with Gasteiger partial charge in [-0.1, -0.05) is 0 Å². The van der Waals surface area contributed by atoms with Gasteiger partial charge in [0, 0.05) is 18.6 Å². The Morgan fingerprint density at radius 1 is 1.69 bits per heavy atom. The minimum Gasteiger partial charge on any atom is -0.339 e. The molecule has 1 aromatic heterocycles. The molecular weight excluding hydrogens is 188 g/mol. The standard InChI is InChI=1S/C7H8N4OS/c1-8-7-10-4(5(12)11-7)6-9-2-3-13-6/h2-4H,1H3,(H2,8,10,11,12). The van der Waals surface area contributed by atoms with Crippen LogP contribution in [0.15, 0.2) is 16.6 Å². The van der Waals surface area contributed by atoms with Gasteiger partial charge in [-0.3, -0.25) is 15.1 Å². The fourth-order valence-corrected chi connectivity index (χ4v) is 1.78. The van der Waals surface area contributed by atoms with Crippen LogP contribution in [0.3, 0.4) is 0 Å². The minimum absolute atomic E-state index is 0.101. The molecule has 0 saturated carbocycles. The molecule has 0 radical (unpaired) electrons. The maximum absolute atomic E-state index is 11.4. The van der Waals surface area contributed by atoms with E-state index in [0.29, 0.717) is 5.96 Å². The van der Waals surface area contributed by atoms with Gasteiger partial charge >= 0.3 is 0 Å². The molecular formula is C7H8N4OS. The molecule has 1 aliphatic heterocycles. The van der Waals surface area contributed by atoms with Crippen molar-refractivity contribution in [3.63, 3.8) is 0 Å². The lowest BCUT2D eigenvalue weighted by Gasteiger charge is -2.01. The molecule has 5 nitrogen and oxygen atoms in total. The quantitative estimate of drug-likeness (QED) is 0.658. The van der Waals surface area contributed by atoms with Crippen LogP contribution in [0, 0.1) is 0 Å². The van der Waals surface area contributed by atoms with Gasteiger partial charge in [0.05, 0.1) is 0 Å². The van der Waals surface area contributed by atoms with E-state index >= 15 is 0 Å². The monoisotopic (exact) mass is 196 g/mol. The fourth-order valence-electron chi connectivity index (χ4n) is 1.10. The Bertz CT molecular complexity index is 345. The van der Waals surface area contributed by atoms with Crippen LogP contribution in [0.5, 0.6) is 0 Å². The van der Waals surface area contributed by atoms with Crippen molar-refractivity contribution in [1.82, 2.24) is 15.6 Å². The first kappa shape index (κ1) is 8.18. The fraction of sp³-hybridized carbons (Fsp3) is 0.286. The van der Waals surface area contributed by atoms with Gasteiger partial charge < -0.3 is 5.32 Å². The molecule has 1 aliphatic rings. The summed E-state index contributed by atoms with van der Waals surface area (Å²) >= 11 is 1.45. The zero-order valence-corrected chi connectivity index (χ0v) is 7.76. The summed E-state index contributed by atoms with van der Waals surface area (Å²) in [5.74, 6) is 0.403. The van der Waals surface area contributed by atoms with E-state index in [1.807, 2.05) is 5.38 Å². The van der Waals surface area contributed by atoms with Gasteiger partial charge in [0.1, 0.15) is 5.01 Å². The van der Waals surface area contributed by atoms with Gasteiger partial charge in [-0.2, -0.15) is 0 Å². The lowest BCUT2D eigenvalue weighted by Crippen LogP contribution is -2.24. The average Bonchev–Trinajstić information content (AvgIpc) is 2.72. The molecule has 68 valence electrons. The third-order valence-corrected chi connectivity index (χ3v) is 2.55. The second-order valence-electron chi connectivity index (χ2n) is 2.51. The zero-order chi connectivity index (χ0) is 9.26. The number of carbonyl (C=O) groups excluding carboxylic acids is 1. The van der Waals surface area contributed by atoms with Crippen LogP contribution in [0.1, 0.15) is 11.0 Å². The van der Waals surface area contributed by atoms with E-state index in [1.165, 1.54) is 11.3 Å². The third kappa shape index (κ3) is 1.40. The molecule has 0 aliphatic carbocycles. The molecule has 1 aromatic rings. The summed E-state index contributed by atoms with van der Waals surface area (Å²) in [6, 6.07) is -0.376. The number of nitrogens with zero attached hydrogens (tertiary/aromatic N) is 2. The van der Waals surface area contributed by atoms with Crippen molar-refractivity contribution in [2.75, 3.05) is 7.05 Å². The molecule has 1 atom stereocenters. The van der Waals surface area contributed by atoms with Crippen LogP contribution in [0.25, 0.3) is 0 Å². The van der Waals surface area contributed by atoms with Crippen molar-refractivity contribution >= 4 is 23.2 Å². The Hall–Kier alpha value is -1.43. The summed E-state index contributed by atoms with van der Waals surface area (Å²) in [4.78, 5) is 19.3. The number of guanidine groups is 1. The number of amides is 1. The molecule has 2 heterocycles. The molecule has 0 bridgehead atoms. The van der Waals surface area contributed by atoms with E-state index in [9.17, 15) is 4.79 Å². The summed E-state index contributed by atoms with van der Waals surface area (Å²) in [5.41, 5.74) is 0. The summed E-state index contributed by atoms with van der Waals surface area (Å²) in [5, 5.41) is 8.14. The number of carbonyl (C=O) groups is 1. The first-order valence-electron chi connectivity index (χ1n) is 3.75. The first-order valence-corrected chi connectivity index (χ1v) is 4.63. The van der Waals surface area contributed by atoms with Gasteiger partial charge in [0.15, 0.2) is 12.0 Å². The van der Waals surface area contributed by atoms with E-state index in [1.54, 1.807) is 13.2 Å². The number of thiazole rings is 1. The summed E-state index contributed by atoms with van der Waals surface area (Å²) in [6.07, 6.45) is 1.68. The molecule has 6 heteroatoms. The number of rotatable bonds is 1. The van der Waals surface area contributed by atoms with Gasteiger partial charge in [-0.05, 0) is 0 Å². The Balaban J connectivity index is 2.23. The van der Waals surface area contributed by atoms with Crippen molar-refractivity contribution in [2.24, 2.45) is 4.99 Å². The molecule has 1 unspecified atom stereocenters. The van der Waals surface area contributed by atoms with Crippen LogP contribution in [-0.4, -0.2) is 23.9 Å². The summed E-state index contributed by atoms with van der Waals surface area (Å²) in [7, 11) is 1.62. The minimum atomic E-state index is -0.376. The smallest absolute Gasteiger partial charge is 0.256 e. The predicted octanol–water partition coefficient (Wildman–Crippen LogP) is -0.111. The van der Waals surface area contributed by atoms with E-state index < -0.39 is 0 Å². The number of aromatic nitrogens is 1. The molecule has 2 rings (SSSR count). The number of aliphatic imine (C=N–C) groups is 1. The lowest BCUT2D eigenvalue weighted by atomic mass is 10.3. The molecule has 2 N–H and O–H groups in total. The van der Waals surface area contributed by atoms with E-state index in [4.69, 9.17) is 0 Å².